The van der Waals surface area contributed by atoms with Crippen LogP contribution in [0.5, 0.6) is 0 Å². The third kappa shape index (κ3) is 8.74. The fourth-order valence-corrected chi connectivity index (χ4v) is 8.95. The first kappa shape index (κ1) is 38.0. The molecule has 2 rings (SSSR count). The Kier molecular flexibility index (Phi) is 13.6. The number of hydrogen-bond acceptors (Lipinski definition) is 6. The van der Waals surface area contributed by atoms with E-state index in [-0.39, 0.29) is 36.9 Å². The van der Waals surface area contributed by atoms with Crippen LogP contribution in [-0.4, -0.2) is 70.5 Å². The molecule has 8 nitrogen and oxygen atoms in total. The van der Waals surface area contributed by atoms with Crippen molar-refractivity contribution in [3.63, 3.8) is 0 Å². The van der Waals surface area contributed by atoms with Crippen molar-refractivity contribution in [2.75, 3.05) is 13.2 Å². The van der Waals surface area contributed by atoms with E-state index in [1.165, 1.54) is 0 Å². The lowest BCUT2D eigenvalue weighted by Crippen LogP contribution is -2.54. The predicted molar refractivity (Wildman–Crippen MR) is 169 cm³/mol. The highest BCUT2D eigenvalue weighted by Crippen LogP contribution is 2.49. The standard InChI is InChI=1S/C35H64O8/c1-13-24(9)30(22(5)6)33(10,17-15-28(36)37)42-26-19-41-35(12)27(20-40-32(26)35)43-34(11,18-16-29(38)39)31(23(7)8)25(14-2)21(3)4/h21-27,30-32H,13-20H2,1-12H3,(H,36,37)(H,38,39)/t24?,25?,26-,27-,30?,31?,32+,33?,34?,35+/m0/s1. The van der Waals surface area contributed by atoms with Gasteiger partial charge in [-0.05, 0) is 75.0 Å². The Balaban J connectivity index is 2.41. The highest BCUT2D eigenvalue weighted by atomic mass is 16.7. The number of fused-ring (bicyclic) bond motifs is 1. The van der Waals surface area contributed by atoms with Gasteiger partial charge in [-0.1, -0.05) is 75.2 Å². The van der Waals surface area contributed by atoms with Crippen LogP contribution in [-0.2, 0) is 28.5 Å². The fraction of sp³-hybridized carbons (Fsp3) is 0.943. The number of aliphatic carboxylic acids is 2. The summed E-state index contributed by atoms with van der Waals surface area (Å²) in [5.74, 6) is 0.397. The van der Waals surface area contributed by atoms with Crippen LogP contribution in [0.2, 0.25) is 0 Å². The molecule has 2 N–H and O–H groups in total. The Morgan fingerprint density at radius 3 is 1.74 bits per heavy atom. The molecule has 0 aromatic carbocycles. The lowest BCUT2D eigenvalue weighted by Gasteiger charge is -2.48. The average molecular weight is 613 g/mol. The second-order valence-corrected chi connectivity index (χ2v) is 15.2. The molecule has 2 heterocycles. The van der Waals surface area contributed by atoms with Gasteiger partial charge in [0, 0.05) is 12.8 Å². The molecule has 8 heteroatoms. The van der Waals surface area contributed by atoms with Crippen molar-refractivity contribution in [1.29, 1.82) is 0 Å². The van der Waals surface area contributed by atoms with Gasteiger partial charge in [-0.2, -0.15) is 0 Å². The number of carboxylic acids is 2. The van der Waals surface area contributed by atoms with Gasteiger partial charge >= 0.3 is 11.9 Å². The second-order valence-electron chi connectivity index (χ2n) is 15.2. The van der Waals surface area contributed by atoms with Gasteiger partial charge in [0.25, 0.3) is 0 Å². The molecule has 10 atom stereocenters. The molecule has 0 radical (unpaired) electrons. The van der Waals surface area contributed by atoms with E-state index >= 15 is 0 Å². The van der Waals surface area contributed by atoms with E-state index in [1.807, 2.05) is 6.92 Å². The number of hydrogen-bond donors (Lipinski definition) is 2. The van der Waals surface area contributed by atoms with Gasteiger partial charge in [0.05, 0.1) is 24.4 Å². The van der Waals surface area contributed by atoms with Gasteiger partial charge in [-0.25, -0.2) is 0 Å². The van der Waals surface area contributed by atoms with Gasteiger partial charge in [0.15, 0.2) is 0 Å². The van der Waals surface area contributed by atoms with Crippen LogP contribution >= 0.6 is 0 Å². The van der Waals surface area contributed by atoms with Crippen LogP contribution in [0.15, 0.2) is 0 Å². The Labute approximate surface area is 262 Å². The third-order valence-electron chi connectivity index (χ3n) is 10.9. The summed E-state index contributed by atoms with van der Waals surface area (Å²) < 4.78 is 27.0. The normalized spacial score (nSPS) is 29.7. The Hall–Kier alpha value is -1.22. The largest absolute Gasteiger partial charge is 0.481 e. The highest BCUT2D eigenvalue weighted by Gasteiger charge is 2.61. The Morgan fingerprint density at radius 1 is 0.814 bits per heavy atom. The van der Waals surface area contributed by atoms with Gasteiger partial charge in [-0.3, -0.25) is 9.59 Å². The molecule has 0 aromatic heterocycles. The summed E-state index contributed by atoms with van der Waals surface area (Å²) in [5.41, 5.74) is -2.14. The quantitative estimate of drug-likeness (QED) is 0.155. The van der Waals surface area contributed by atoms with Crippen molar-refractivity contribution in [3.05, 3.63) is 0 Å². The van der Waals surface area contributed by atoms with Crippen LogP contribution in [0.4, 0.5) is 0 Å². The molecular weight excluding hydrogens is 548 g/mol. The van der Waals surface area contributed by atoms with E-state index in [1.54, 1.807) is 0 Å². The molecule has 2 aliphatic rings. The molecule has 0 saturated carbocycles. The molecule has 6 unspecified atom stereocenters. The molecule has 43 heavy (non-hydrogen) atoms. The van der Waals surface area contributed by atoms with Crippen molar-refractivity contribution >= 4 is 11.9 Å². The smallest absolute Gasteiger partial charge is 0.303 e. The van der Waals surface area contributed by atoms with E-state index in [0.717, 1.165) is 12.8 Å². The third-order valence-corrected chi connectivity index (χ3v) is 10.9. The van der Waals surface area contributed by atoms with Crippen LogP contribution in [0.25, 0.3) is 0 Å². The van der Waals surface area contributed by atoms with Gasteiger partial charge in [0.1, 0.15) is 23.9 Å². The first-order valence-electron chi connectivity index (χ1n) is 16.9. The maximum absolute atomic E-state index is 11.8. The van der Waals surface area contributed by atoms with Gasteiger partial charge < -0.3 is 29.2 Å². The van der Waals surface area contributed by atoms with Crippen LogP contribution in [0, 0.1) is 41.4 Å². The van der Waals surface area contributed by atoms with Crippen molar-refractivity contribution in [3.8, 4) is 0 Å². The van der Waals surface area contributed by atoms with Crippen molar-refractivity contribution < 1.29 is 38.7 Å². The van der Waals surface area contributed by atoms with Crippen molar-refractivity contribution in [1.82, 2.24) is 0 Å². The molecule has 0 aliphatic carbocycles. The van der Waals surface area contributed by atoms with Crippen LogP contribution in [0.3, 0.4) is 0 Å². The summed E-state index contributed by atoms with van der Waals surface area (Å²) in [7, 11) is 0. The summed E-state index contributed by atoms with van der Waals surface area (Å²) in [5, 5.41) is 19.2. The van der Waals surface area contributed by atoms with Crippen LogP contribution < -0.4 is 0 Å². The Bertz CT molecular complexity index is 904. The maximum atomic E-state index is 11.8. The summed E-state index contributed by atoms with van der Waals surface area (Å²) in [6.07, 6.45) is 1.71. The summed E-state index contributed by atoms with van der Waals surface area (Å²) >= 11 is 0. The van der Waals surface area contributed by atoms with Gasteiger partial charge in [-0.15, -0.1) is 0 Å². The van der Waals surface area contributed by atoms with E-state index in [0.29, 0.717) is 55.6 Å². The monoisotopic (exact) mass is 612 g/mol. The molecular formula is C35H64O8. The molecule has 0 spiro atoms. The minimum atomic E-state index is -0.827. The average Bonchev–Trinajstić information content (AvgIpc) is 3.38. The molecule has 0 aromatic rings. The van der Waals surface area contributed by atoms with Crippen molar-refractivity contribution in [2.24, 2.45) is 41.4 Å². The van der Waals surface area contributed by atoms with E-state index < -0.39 is 34.8 Å². The fourth-order valence-electron chi connectivity index (χ4n) is 8.95. The lowest BCUT2D eigenvalue weighted by atomic mass is 9.66. The lowest BCUT2D eigenvalue weighted by molar-refractivity contribution is -0.195. The number of rotatable bonds is 19. The van der Waals surface area contributed by atoms with E-state index in [4.69, 9.17) is 18.9 Å². The van der Waals surface area contributed by atoms with Crippen molar-refractivity contribution in [2.45, 2.75) is 157 Å². The zero-order valence-corrected chi connectivity index (χ0v) is 29.3. The predicted octanol–water partition coefficient (Wildman–Crippen LogP) is 7.46. The first-order chi connectivity index (χ1) is 19.9. The zero-order chi connectivity index (χ0) is 32.9. The number of ether oxygens (including phenoxy) is 4. The van der Waals surface area contributed by atoms with E-state index in [2.05, 4.69) is 76.2 Å². The summed E-state index contributed by atoms with van der Waals surface area (Å²) in [6.45, 7) is 26.7. The molecule has 252 valence electrons. The number of carbonyl (C=O) groups is 2. The molecule has 2 aliphatic heterocycles. The minimum absolute atomic E-state index is 0.0305. The topological polar surface area (TPSA) is 112 Å². The highest BCUT2D eigenvalue weighted by molar-refractivity contribution is 5.67. The molecule has 0 bridgehead atoms. The summed E-state index contributed by atoms with van der Waals surface area (Å²) in [6, 6.07) is 0. The molecule has 0 amide bonds. The minimum Gasteiger partial charge on any atom is -0.481 e. The second kappa shape index (κ2) is 15.4. The SMILES string of the molecule is CCC(C)C(C(C)C)C(C)(CCC(=O)O)O[C@H]1CO[C@]2(C)[C@@H](OC(C)(CCC(=O)O)C(C(C)C)C(CC)C(C)C)CO[C@H]12. The zero-order valence-electron chi connectivity index (χ0n) is 29.3. The summed E-state index contributed by atoms with van der Waals surface area (Å²) in [4.78, 5) is 23.5. The Morgan fingerprint density at radius 2 is 1.33 bits per heavy atom. The number of carboxylic acid groups (broad SMARTS) is 2. The van der Waals surface area contributed by atoms with Gasteiger partial charge in [0.2, 0.25) is 0 Å². The maximum Gasteiger partial charge on any atom is 0.303 e. The molecule has 2 saturated heterocycles. The van der Waals surface area contributed by atoms with Crippen LogP contribution in [0.1, 0.15) is 122 Å². The first-order valence-corrected chi connectivity index (χ1v) is 16.9. The van der Waals surface area contributed by atoms with E-state index in [9.17, 15) is 19.8 Å². The molecule has 2 fully saturated rings.